The molecule has 0 atom stereocenters. The molecule has 148 valence electrons. The molecule has 0 N–H and O–H groups in total. The van der Waals surface area contributed by atoms with Crippen LogP contribution in [0.3, 0.4) is 0 Å². The van der Waals surface area contributed by atoms with Crippen molar-refractivity contribution < 1.29 is 9.59 Å². The molecule has 0 radical (unpaired) electrons. The van der Waals surface area contributed by atoms with Crippen LogP contribution >= 0.6 is 11.6 Å². The lowest BCUT2D eigenvalue weighted by molar-refractivity contribution is -0.130. The van der Waals surface area contributed by atoms with Gasteiger partial charge < -0.3 is 9.80 Å². The summed E-state index contributed by atoms with van der Waals surface area (Å²) < 4.78 is 1.73. The van der Waals surface area contributed by atoms with Crippen LogP contribution < -0.4 is 0 Å². The number of halogens is 1. The van der Waals surface area contributed by atoms with Gasteiger partial charge in [-0.2, -0.15) is 5.10 Å². The second-order valence-electron chi connectivity index (χ2n) is 6.98. The average Bonchev–Trinajstić information content (AvgIpc) is 3.20. The molecule has 7 heteroatoms. The van der Waals surface area contributed by atoms with E-state index in [0.29, 0.717) is 42.5 Å². The maximum atomic E-state index is 13.3. The fraction of sp³-hybridized carbons (Fsp3) is 0.227. The van der Waals surface area contributed by atoms with Crippen molar-refractivity contribution >= 4 is 23.4 Å². The fourth-order valence-electron chi connectivity index (χ4n) is 3.46. The maximum absolute atomic E-state index is 13.3. The molecule has 1 aliphatic rings. The Labute approximate surface area is 174 Å². The molecule has 4 rings (SSSR count). The number of benzene rings is 2. The summed E-state index contributed by atoms with van der Waals surface area (Å²) in [6.45, 7) is 3.67. The van der Waals surface area contributed by atoms with Crippen molar-refractivity contribution in [2.45, 2.75) is 6.92 Å². The Morgan fingerprint density at radius 2 is 1.52 bits per heavy atom. The minimum Gasteiger partial charge on any atom is -0.339 e. The zero-order valence-corrected chi connectivity index (χ0v) is 16.8. The Kier molecular flexibility index (Phi) is 5.36. The number of nitrogens with zero attached hydrogens (tertiary/aromatic N) is 4. The second-order valence-corrected chi connectivity index (χ2v) is 7.41. The molecule has 2 aromatic carbocycles. The van der Waals surface area contributed by atoms with Gasteiger partial charge in [0.05, 0.1) is 11.3 Å². The van der Waals surface area contributed by atoms with E-state index in [2.05, 4.69) is 0 Å². The third-order valence-electron chi connectivity index (χ3n) is 5.10. The Bertz CT molecular complexity index is 1020. The lowest BCUT2D eigenvalue weighted by Gasteiger charge is -2.34. The van der Waals surface area contributed by atoms with Gasteiger partial charge in [0.2, 0.25) is 5.91 Å². The monoisotopic (exact) mass is 408 g/mol. The SMILES string of the molecule is CC(=O)N1CCN(C(=O)c2cn(-c3ccccc3)nc2-c2ccc(Cl)cc2)CC1. The highest BCUT2D eigenvalue weighted by Gasteiger charge is 2.27. The summed E-state index contributed by atoms with van der Waals surface area (Å²) in [5, 5.41) is 5.33. The predicted octanol–water partition coefficient (Wildman–Crippen LogP) is 3.50. The largest absolute Gasteiger partial charge is 0.339 e. The van der Waals surface area contributed by atoms with E-state index in [1.165, 1.54) is 0 Å². The zero-order valence-electron chi connectivity index (χ0n) is 16.1. The third kappa shape index (κ3) is 4.03. The fourth-order valence-corrected chi connectivity index (χ4v) is 3.59. The van der Waals surface area contributed by atoms with Crippen LogP contribution in [-0.2, 0) is 4.79 Å². The molecule has 0 bridgehead atoms. The van der Waals surface area contributed by atoms with Crippen LogP contribution in [0.1, 0.15) is 17.3 Å². The highest BCUT2D eigenvalue weighted by molar-refractivity contribution is 6.30. The van der Waals surface area contributed by atoms with E-state index >= 15 is 0 Å². The molecule has 1 fully saturated rings. The first-order valence-corrected chi connectivity index (χ1v) is 9.86. The quantitative estimate of drug-likeness (QED) is 0.666. The highest BCUT2D eigenvalue weighted by atomic mass is 35.5. The van der Waals surface area contributed by atoms with E-state index in [1.807, 2.05) is 42.5 Å². The van der Waals surface area contributed by atoms with Gasteiger partial charge in [0.25, 0.3) is 5.91 Å². The molecule has 1 aromatic heterocycles. The van der Waals surface area contributed by atoms with Crippen molar-refractivity contribution in [2.24, 2.45) is 0 Å². The third-order valence-corrected chi connectivity index (χ3v) is 5.35. The average molecular weight is 409 g/mol. The molecule has 6 nitrogen and oxygen atoms in total. The van der Waals surface area contributed by atoms with Gasteiger partial charge in [-0.3, -0.25) is 9.59 Å². The van der Waals surface area contributed by atoms with Gasteiger partial charge in [0, 0.05) is 49.9 Å². The van der Waals surface area contributed by atoms with Crippen LogP contribution in [0.25, 0.3) is 16.9 Å². The predicted molar refractivity (Wildman–Crippen MR) is 112 cm³/mol. The van der Waals surface area contributed by atoms with E-state index < -0.39 is 0 Å². The summed E-state index contributed by atoms with van der Waals surface area (Å²) in [7, 11) is 0. The molecule has 0 unspecified atom stereocenters. The summed E-state index contributed by atoms with van der Waals surface area (Å²) in [5.74, 6) is -0.0452. The molecule has 1 aliphatic heterocycles. The van der Waals surface area contributed by atoms with Gasteiger partial charge in [0.15, 0.2) is 0 Å². The van der Waals surface area contributed by atoms with Crippen LogP contribution in [0.5, 0.6) is 0 Å². The first-order chi connectivity index (χ1) is 14.0. The van der Waals surface area contributed by atoms with Crippen molar-refractivity contribution in [3.8, 4) is 16.9 Å². The molecule has 1 saturated heterocycles. The number of hydrogen-bond donors (Lipinski definition) is 0. The summed E-state index contributed by atoms with van der Waals surface area (Å²) in [5.41, 5.74) is 2.86. The first-order valence-electron chi connectivity index (χ1n) is 9.49. The van der Waals surface area contributed by atoms with Crippen molar-refractivity contribution in [1.82, 2.24) is 19.6 Å². The van der Waals surface area contributed by atoms with Crippen LogP contribution in [0.4, 0.5) is 0 Å². The normalized spacial score (nSPS) is 14.1. The Balaban J connectivity index is 1.69. The van der Waals surface area contributed by atoms with Gasteiger partial charge in [-0.05, 0) is 24.3 Å². The van der Waals surface area contributed by atoms with Gasteiger partial charge >= 0.3 is 0 Å². The van der Waals surface area contributed by atoms with Crippen molar-refractivity contribution in [3.05, 3.63) is 71.4 Å². The standard InChI is InChI=1S/C22H21ClN4O2/c1-16(28)25-11-13-26(14-12-25)22(29)20-15-27(19-5-3-2-4-6-19)24-21(20)17-7-9-18(23)10-8-17/h2-10,15H,11-14H2,1H3. The molecule has 2 heterocycles. The molecule has 0 spiro atoms. The molecule has 2 amide bonds. The van der Waals surface area contributed by atoms with E-state index in [-0.39, 0.29) is 11.8 Å². The Hall–Kier alpha value is -3.12. The lowest BCUT2D eigenvalue weighted by atomic mass is 10.1. The molecule has 3 aromatic rings. The lowest BCUT2D eigenvalue weighted by Crippen LogP contribution is -2.50. The first kappa shape index (κ1) is 19.2. The van der Waals surface area contributed by atoms with Crippen LogP contribution in [0, 0.1) is 0 Å². The van der Waals surface area contributed by atoms with Gasteiger partial charge in [-0.1, -0.05) is 41.9 Å². The van der Waals surface area contributed by atoms with E-state index in [0.717, 1.165) is 11.3 Å². The molecule has 0 aliphatic carbocycles. The number of carbonyl (C=O) groups is 2. The second kappa shape index (κ2) is 8.09. The number of para-hydroxylation sites is 1. The maximum Gasteiger partial charge on any atom is 0.257 e. The van der Waals surface area contributed by atoms with Crippen LogP contribution in [0.15, 0.2) is 60.8 Å². The van der Waals surface area contributed by atoms with Crippen LogP contribution in [-0.4, -0.2) is 57.6 Å². The molecular weight excluding hydrogens is 388 g/mol. The number of hydrogen-bond acceptors (Lipinski definition) is 3. The summed E-state index contributed by atoms with van der Waals surface area (Å²) in [4.78, 5) is 28.4. The number of rotatable bonds is 3. The van der Waals surface area contributed by atoms with Crippen LogP contribution in [0.2, 0.25) is 5.02 Å². The summed E-state index contributed by atoms with van der Waals surface area (Å²) in [6.07, 6.45) is 1.78. The van der Waals surface area contributed by atoms with Gasteiger partial charge in [0.1, 0.15) is 5.69 Å². The number of carbonyl (C=O) groups excluding carboxylic acids is 2. The van der Waals surface area contributed by atoms with E-state index in [1.54, 1.807) is 39.7 Å². The zero-order chi connectivity index (χ0) is 20.4. The van der Waals surface area contributed by atoms with Gasteiger partial charge in [-0.25, -0.2) is 4.68 Å². The minimum atomic E-state index is -0.0830. The van der Waals surface area contributed by atoms with Crippen molar-refractivity contribution in [1.29, 1.82) is 0 Å². The van der Waals surface area contributed by atoms with Crippen molar-refractivity contribution in [2.75, 3.05) is 26.2 Å². The van der Waals surface area contributed by atoms with Crippen molar-refractivity contribution in [3.63, 3.8) is 0 Å². The number of aromatic nitrogens is 2. The Morgan fingerprint density at radius 1 is 0.897 bits per heavy atom. The Morgan fingerprint density at radius 3 is 2.14 bits per heavy atom. The van der Waals surface area contributed by atoms with Gasteiger partial charge in [-0.15, -0.1) is 0 Å². The highest BCUT2D eigenvalue weighted by Crippen LogP contribution is 2.26. The number of piperazine rings is 1. The van der Waals surface area contributed by atoms with E-state index in [4.69, 9.17) is 16.7 Å². The molecule has 29 heavy (non-hydrogen) atoms. The smallest absolute Gasteiger partial charge is 0.257 e. The topological polar surface area (TPSA) is 58.4 Å². The summed E-state index contributed by atoms with van der Waals surface area (Å²) >= 11 is 6.03. The minimum absolute atomic E-state index is 0.0378. The summed E-state index contributed by atoms with van der Waals surface area (Å²) in [6, 6.07) is 17.0. The number of amides is 2. The van der Waals surface area contributed by atoms with E-state index in [9.17, 15) is 9.59 Å². The molecule has 0 saturated carbocycles. The molecular formula is C22H21ClN4O2.